The van der Waals surface area contributed by atoms with Crippen LogP contribution in [0.2, 0.25) is 0 Å². The van der Waals surface area contributed by atoms with Crippen molar-refractivity contribution < 1.29 is 34.8 Å². The van der Waals surface area contributed by atoms with E-state index in [0.717, 1.165) is 31.5 Å². The molecule has 1 aromatic heterocycles. The molecule has 1 saturated heterocycles. The van der Waals surface area contributed by atoms with E-state index >= 15 is 0 Å². The largest absolute Gasteiger partial charge is 0.394 e. The SMILES string of the molecule is CCCCCCCCCCCCCCCC(F)N(O)[C@@]1(O)[C@H](O)[C@@H](CO)O[C@@]1(O)n1ccc(=O)[nH]c1=O. The predicted molar refractivity (Wildman–Crippen MR) is 133 cm³/mol. The van der Waals surface area contributed by atoms with E-state index in [2.05, 4.69) is 6.92 Å². The first-order valence-corrected chi connectivity index (χ1v) is 13.5. The number of unbranched alkanes of at least 4 members (excludes halogenated alkanes) is 12. The molecular formula is C25H44FN3O8. The summed E-state index contributed by atoms with van der Waals surface area (Å²) in [7, 11) is 0. The van der Waals surface area contributed by atoms with Crippen LogP contribution in [0.15, 0.2) is 21.9 Å². The molecule has 1 fully saturated rings. The van der Waals surface area contributed by atoms with Gasteiger partial charge in [-0.05, 0) is 12.8 Å². The minimum Gasteiger partial charge on any atom is -0.394 e. The van der Waals surface area contributed by atoms with Gasteiger partial charge in [-0.15, -0.1) is 5.06 Å². The summed E-state index contributed by atoms with van der Waals surface area (Å²) in [6, 6.07) is 0.823. The first-order chi connectivity index (χ1) is 17.6. The predicted octanol–water partition coefficient (Wildman–Crippen LogP) is 2.05. The lowest BCUT2D eigenvalue weighted by Crippen LogP contribution is -2.69. The molecule has 0 amide bonds. The Morgan fingerprint density at radius 1 is 1.03 bits per heavy atom. The van der Waals surface area contributed by atoms with Gasteiger partial charge in [0.25, 0.3) is 5.56 Å². The van der Waals surface area contributed by atoms with Crippen molar-refractivity contribution in [1.82, 2.24) is 14.6 Å². The molecule has 0 aromatic carbocycles. The monoisotopic (exact) mass is 533 g/mol. The zero-order valence-electron chi connectivity index (χ0n) is 21.7. The fourth-order valence-corrected chi connectivity index (χ4v) is 4.79. The van der Waals surface area contributed by atoms with Crippen LogP contribution in [0.4, 0.5) is 4.39 Å². The summed E-state index contributed by atoms with van der Waals surface area (Å²) in [5, 5.41) is 52.4. The highest BCUT2D eigenvalue weighted by Gasteiger charge is 2.71. The Labute approximate surface area is 216 Å². The van der Waals surface area contributed by atoms with E-state index in [1.54, 1.807) is 0 Å². The number of rotatable bonds is 18. The fraction of sp³-hybridized carbons (Fsp3) is 0.840. The number of nitrogens with one attached hydrogen (secondary N) is 1. The van der Waals surface area contributed by atoms with E-state index in [1.165, 1.54) is 51.4 Å². The van der Waals surface area contributed by atoms with Gasteiger partial charge in [0.1, 0.15) is 12.2 Å². The van der Waals surface area contributed by atoms with E-state index in [0.29, 0.717) is 17.4 Å². The molecule has 2 rings (SSSR count). The molecule has 37 heavy (non-hydrogen) atoms. The number of aliphatic hydroxyl groups is 4. The summed E-state index contributed by atoms with van der Waals surface area (Å²) >= 11 is 0. The Morgan fingerprint density at radius 2 is 1.54 bits per heavy atom. The highest BCUT2D eigenvalue weighted by Crippen LogP contribution is 2.44. The Kier molecular flexibility index (Phi) is 12.8. The van der Waals surface area contributed by atoms with Gasteiger partial charge in [0.15, 0.2) is 6.30 Å². The lowest BCUT2D eigenvalue weighted by atomic mass is 9.99. The van der Waals surface area contributed by atoms with E-state index in [4.69, 9.17) is 4.74 Å². The zero-order chi connectivity index (χ0) is 27.5. The maximum atomic E-state index is 15.0. The quantitative estimate of drug-likeness (QED) is 0.0716. The van der Waals surface area contributed by atoms with Gasteiger partial charge in [-0.2, -0.15) is 0 Å². The Hall–Kier alpha value is -1.67. The second-order valence-corrected chi connectivity index (χ2v) is 9.91. The van der Waals surface area contributed by atoms with Crippen LogP contribution in [0.25, 0.3) is 0 Å². The highest BCUT2D eigenvalue weighted by atomic mass is 19.1. The van der Waals surface area contributed by atoms with Crippen molar-refractivity contribution in [2.45, 2.75) is 127 Å². The Morgan fingerprint density at radius 3 is 2.03 bits per heavy atom. The third-order valence-electron chi connectivity index (χ3n) is 7.05. The van der Waals surface area contributed by atoms with Crippen LogP contribution in [0.5, 0.6) is 0 Å². The molecule has 11 nitrogen and oxygen atoms in total. The second-order valence-electron chi connectivity index (χ2n) is 9.91. The minimum absolute atomic E-state index is 0.232. The average Bonchev–Trinajstić information content (AvgIpc) is 3.07. The van der Waals surface area contributed by atoms with E-state index in [9.17, 15) is 39.6 Å². The van der Waals surface area contributed by atoms with Gasteiger partial charge in [-0.25, -0.2) is 13.8 Å². The molecule has 12 heteroatoms. The van der Waals surface area contributed by atoms with Crippen LogP contribution in [-0.2, 0) is 10.6 Å². The number of hydrogen-bond donors (Lipinski definition) is 6. The molecular weight excluding hydrogens is 489 g/mol. The van der Waals surface area contributed by atoms with Gasteiger partial charge in [0.05, 0.1) is 6.61 Å². The number of aromatic amines is 1. The maximum Gasteiger partial charge on any atom is 0.332 e. The van der Waals surface area contributed by atoms with Gasteiger partial charge in [0.2, 0.25) is 5.72 Å². The summed E-state index contributed by atoms with van der Waals surface area (Å²) in [6.07, 6.45) is 8.56. The van der Waals surface area contributed by atoms with Crippen LogP contribution >= 0.6 is 0 Å². The van der Waals surface area contributed by atoms with Crippen molar-refractivity contribution in [3.05, 3.63) is 33.1 Å². The smallest absolute Gasteiger partial charge is 0.332 e. The Balaban J connectivity index is 1.85. The summed E-state index contributed by atoms with van der Waals surface area (Å²) in [5.41, 5.74) is -5.35. The number of H-pyrrole nitrogens is 1. The van der Waals surface area contributed by atoms with Crippen molar-refractivity contribution >= 4 is 0 Å². The molecule has 6 N–H and O–H groups in total. The van der Waals surface area contributed by atoms with Crippen molar-refractivity contribution in [2.24, 2.45) is 0 Å². The van der Waals surface area contributed by atoms with Crippen LogP contribution in [0.1, 0.15) is 96.8 Å². The molecule has 0 aliphatic carbocycles. The van der Waals surface area contributed by atoms with Gasteiger partial charge in [-0.1, -0.05) is 84.0 Å². The first kappa shape index (κ1) is 31.5. The molecule has 1 aromatic rings. The number of aromatic nitrogens is 2. The summed E-state index contributed by atoms with van der Waals surface area (Å²) < 4.78 is 20.4. The second kappa shape index (κ2) is 15.1. The van der Waals surface area contributed by atoms with Gasteiger partial charge >= 0.3 is 11.6 Å². The van der Waals surface area contributed by atoms with Gasteiger partial charge in [0, 0.05) is 12.3 Å². The summed E-state index contributed by atoms with van der Waals surface area (Å²) in [4.78, 5) is 25.5. The number of hydroxylamine groups is 2. The number of ether oxygens (including phenoxy) is 1. The number of alkyl halides is 1. The number of nitrogens with zero attached hydrogens (tertiary/aromatic N) is 2. The van der Waals surface area contributed by atoms with Crippen molar-refractivity contribution in [2.75, 3.05) is 6.61 Å². The third-order valence-corrected chi connectivity index (χ3v) is 7.05. The number of aliphatic hydroxyl groups excluding tert-OH is 2. The molecule has 0 spiro atoms. The van der Waals surface area contributed by atoms with Crippen molar-refractivity contribution in [3.8, 4) is 0 Å². The number of halogens is 1. The standard InChI is InChI=1S/C25H44FN3O8/c1-2-3-4-5-6-7-8-9-10-11-12-13-14-15-20(26)29(36)24(34)22(32)19(18-30)37-25(24,35)28-17-16-21(31)27-23(28)33/h16-17,19-20,22,30,32,34-36H,2-15,18H2,1H3,(H,27,31,33)/t19-,20?,22-,24-,25-/m1/s1. The van der Waals surface area contributed by atoms with Gasteiger partial charge in [-0.3, -0.25) is 9.78 Å². The summed E-state index contributed by atoms with van der Waals surface area (Å²) in [5.74, 6) is -3.23. The van der Waals surface area contributed by atoms with Crippen LogP contribution in [-0.4, -0.2) is 71.1 Å². The van der Waals surface area contributed by atoms with Crippen LogP contribution in [0.3, 0.4) is 0 Å². The average molecular weight is 534 g/mol. The molecule has 0 radical (unpaired) electrons. The van der Waals surface area contributed by atoms with Crippen LogP contribution < -0.4 is 11.2 Å². The molecule has 1 aliphatic rings. The van der Waals surface area contributed by atoms with Crippen molar-refractivity contribution in [1.29, 1.82) is 0 Å². The normalized spacial score (nSPS) is 26.7. The molecule has 1 unspecified atom stereocenters. The molecule has 0 bridgehead atoms. The van der Waals surface area contributed by atoms with Gasteiger partial charge < -0.3 is 30.4 Å². The van der Waals surface area contributed by atoms with E-state index in [-0.39, 0.29) is 11.5 Å². The zero-order valence-corrected chi connectivity index (χ0v) is 21.7. The molecule has 5 atom stereocenters. The third kappa shape index (κ3) is 7.69. The van der Waals surface area contributed by atoms with E-state index < -0.39 is 48.0 Å². The van der Waals surface area contributed by atoms with Crippen LogP contribution in [0, 0.1) is 0 Å². The fourth-order valence-electron chi connectivity index (χ4n) is 4.79. The Bertz CT molecular complexity index is 914. The first-order valence-electron chi connectivity index (χ1n) is 13.5. The number of hydrogen-bond acceptors (Lipinski definition) is 9. The topological polar surface area (TPSA) is 168 Å². The lowest BCUT2D eigenvalue weighted by Gasteiger charge is -2.43. The molecule has 2 heterocycles. The molecule has 214 valence electrons. The minimum atomic E-state index is -3.28. The lowest BCUT2D eigenvalue weighted by molar-refractivity contribution is -0.428. The maximum absolute atomic E-state index is 15.0. The van der Waals surface area contributed by atoms with Crippen molar-refractivity contribution in [3.63, 3.8) is 0 Å². The summed E-state index contributed by atoms with van der Waals surface area (Å²) in [6.45, 7) is 1.28. The van der Waals surface area contributed by atoms with E-state index in [1.807, 2.05) is 4.98 Å². The highest BCUT2D eigenvalue weighted by molar-refractivity contribution is 5.05. The molecule has 0 saturated carbocycles. The molecule has 1 aliphatic heterocycles.